The van der Waals surface area contributed by atoms with Gasteiger partial charge in [0.15, 0.2) is 0 Å². The zero-order valence-corrected chi connectivity index (χ0v) is 24.2. The Labute approximate surface area is 250 Å². The van der Waals surface area contributed by atoms with E-state index in [4.69, 9.17) is 4.74 Å². The predicted octanol–water partition coefficient (Wildman–Crippen LogP) is 5.91. The Balaban J connectivity index is 1.19. The summed E-state index contributed by atoms with van der Waals surface area (Å²) >= 11 is 0. The second kappa shape index (κ2) is 12.6. The van der Waals surface area contributed by atoms with Crippen molar-refractivity contribution in [3.05, 3.63) is 78.2 Å². The van der Waals surface area contributed by atoms with Crippen molar-refractivity contribution >= 4 is 39.9 Å². The van der Waals surface area contributed by atoms with Crippen LogP contribution in [0.4, 0.5) is 21.7 Å². The number of amides is 2. The van der Waals surface area contributed by atoms with E-state index < -0.39 is 5.82 Å². The molecule has 0 bridgehead atoms. The molecule has 0 spiro atoms. The molecule has 2 aliphatic rings. The maximum Gasteiger partial charge on any atom is 0.255 e. The number of carbonyl (C=O) groups excluding carboxylic acids is 2. The average molecular weight is 583 g/mol. The fraction of sp³-hybridized carbons (Fsp3) is 0.333. The number of benzene rings is 3. The lowest BCUT2D eigenvalue weighted by atomic mass is 10.1. The largest absolute Gasteiger partial charge is 0.438 e. The van der Waals surface area contributed by atoms with Gasteiger partial charge in [-0.15, -0.1) is 0 Å². The van der Waals surface area contributed by atoms with Crippen LogP contribution in [-0.4, -0.2) is 54.0 Å². The summed E-state index contributed by atoms with van der Waals surface area (Å²) in [5, 5.41) is 7.55. The third-order valence-electron chi connectivity index (χ3n) is 8.02. The molecule has 0 aliphatic carbocycles. The number of nitrogens with zero attached hydrogens (tertiary/aromatic N) is 4. The average Bonchev–Trinajstić information content (AvgIpc) is 3.02. The summed E-state index contributed by atoms with van der Waals surface area (Å²) in [6.07, 6.45) is 6.61. The number of carbonyl (C=O) groups is 2. The standard InChI is InChI=1S/C33H35FN6O3/c1-22(41)36-25-12-17-40(18-13-25)33-35-14-11-31(38-33)43-30-10-9-29(27-7-3-4-8-28(27)30)37-32(42)23-19-24(34)21-26(20-23)39-15-5-2-6-16-39/h3-4,7-11,14,19-21,25H,2,5-6,12-13,15-18H2,1H3,(H,36,41)(H,37,42). The third-order valence-corrected chi connectivity index (χ3v) is 8.02. The molecule has 3 aromatic carbocycles. The first kappa shape index (κ1) is 28.4. The van der Waals surface area contributed by atoms with Gasteiger partial charge in [0.25, 0.3) is 5.91 Å². The Morgan fingerprint density at radius 3 is 2.44 bits per heavy atom. The third kappa shape index (κ3) is 6.69. The van der Waals surface area contributed by atoms with E-state index in [0.717, 1.165) is 68.3 Å². The molecule has 0 unspecified atom stereocenters. The molecule has 10 heteroatoms. The molecule has 4 aromatic rings. The zero-order valence-electron chi connectivity index (χ0n) is 24.2. The monoisotopic (exact) mass is 582 g/mol. The van der Waals surface area contributed by atoms with Crippen molar-refractivity contribution < 1.29 is 18.7 Å². The molecule has 222 valence electrons. The Morgan fingerprint density at radius 2 is 1.67 bits per heavy atom. The Hall–Kier alpha value is -4.73. The van der Waals surface area contributed by atoms with Crippen LogP contribution in [0, 0.1) is 5.82 Å². The predicted molar refractivity (Wildman–Crippen MR) is 166 cm³/mol. The number of anilines is 3. The van der Waals surface area contributed by atoms with Crippen LogP contribution in [0.1, 0.15) is 49.4 Å². The van der Waals surface area contributed by atoms with Crippen molar-refractivity contribution in [2.75, 3.05) is 41.3 Å². The second-order valence-corrected chi connectivity index (χ2v) is 11.1. The molecule has 2 saturated heterocycles. The fourth-order valence-electron chi connectivity index (χ4n) is 5.87. The quantitative estimate of drug-likeness (QED) is 0.280. The fourth-order valence-corrected chi connectivity index (χ4v) is 5.87. The van der Waals surface area contributed by atoms with Crippen LogP contribution in [0.25, 0.3) is 10.8 Å². The summed E-state index contributed by atoms with van der Waals surface area (Å²) in [7, 11) is 0. The lowest BCUT2D eigenvalue weighted by Gasteiger charge is -2.32. The van der Waals surface area contributed by atoms with Crippen molar-refractivity contribution in [1.29, 1.82) is 0 Å². The molecule has 6 rings (SSSR count). The second-order valence-electron chi connectivity index (χ2n) is 11.1. The minimum Gasteiger partial charge on any atom is -0.438 e. The van der Waals surface area contributed by atoms with Crippen LogP contribution in [-0.2, 0) is 4.79 Å². The van der Waals surface area contributed by atoms with Gasteiger partial charge in [-0.05, 0) is 62.4 Å². The molecular formula is C33H35FN6O3. The van der Waals surface area contributed by atoms with Crippen LogP contribution in [0.15, 0.2) is 66.9 Å². The highest BCUT2D eigenvalue weighted by molar-refractivity contribution is 6.10. The number of piperidine rings is 2. The molecule has 3 heterocycles. The summed E-state index contributed by atoms with van der Waals surface area (Å²) in [5.74, 6) is 0.744. The molecule has 2 N–H and O–H groups in total. The molecule has 2 amide bonds. The van der Waals surface area contributed by atoms with E-state index in [1.54, 1.807) is 30.5 Å². The maximum atomic E-state index is 14.6. The first-order chi connectivity index (χ1) is 20.9. The SMILES string of the molecule is CC(=O)NC1CCN(c2nccc(Oc3ccc(NC(=O)c4cc(F)cc(N5CCCCC5)c4)c4ccccc34)n2)CC1. The van der Waals surface area contributed by atoms with Gasteiger partial charge in [0.2, 0.25) is 17.7 Å². The van der Waals surface area contributed by atoms with Crippen LogP contribution < -0.4 is 25.2 Å². The first-order valence-corrected chi connectivity index (χ1v) is 14.8. The minimum atomic E-state index is -0.428. The van der Waals surface area contributed by atoms with Crippen molar-refractivity contribution in [2.24, 2.45) is 0 Å². The van der Waals surface area contributed by atoms with Gasteiger partial charge in [0.1, 0.15) is 11.6 Å². The summed E-state index contributed by atoms with van der Waals surface area (Å²) < 4.78 is 20.8. The summed E-state index contributed by atoms with van der Waals surface area (Å²) in [6.45, 7) is 4.73. The van der Waals surface area contributed by atoms with Gasteiger partial charge in [0.05, 0.1) is 0 Å². The molecule has 0 radical (unpaired) electrons. The van der Waals surface area contributed by atoms with Crippen molar-refractivity contribution in [2.45, 2.75) is 45.1 Å². The zero-order chi connectivity index (χ0) is 29.8. The Bertz CT molecular complexity index is 1630. The Kier molecular flexibility index (Phi) is 8.35. The smallest absolute Gasteiger partial charge is 0.255 e. The van der Waals surface area contributed by atoms with E-state index in [2.05, 4.69) is 30.4 Å². The van der Waals surface area contributed by atoms with Crippen LogP contribution in [0.3, 0.4) is 0 Å². The lowest BCUT2D eigenvalue weighted by molar-refractivity contribution is -0.119. The number of ether oxygens (including phenoxy) is 1. The summed E-state index contributed by atoms with van der Waals surface area (Å²) in [6, 6.07) is 17.6. The number of fused-ring (bicyclic) bond motifs is 1. The van der Waals surface area contributed by atoms with Gasteiger partial charge >= 0.3 is 0 Å². The molecule has 2 aliphatic heterocycles. The van der Waals surface area contributed by atoms with E-state index in [0.29, 0.717) is 23.3 Å². The van der Waals surface area contributed by atoms with Crippen molar-refractivity contribution in [3.63, 3.8) is 0 Å². The molecule has 0 saturated carbocycles. The van der Waals surface area contributed by atoms with Gasteiger partial charge < -0.3 is 25.2 Å². The van der Waals surface area contributed by atoms with Crippen LogP contribution in [0.2, 0.25) is 0 Å². The summed E-state index contributed by atoms with van der Waals surface area (Å²) in [5.41, 5.74) is 1.61. The number of halogens is 1. The number of nitrogens with one attached hydrogen (secondary N) is 2. The highest BCUT2D eigenvalue weighted by Gasteiger charge is 2.22. The molecule has 43 heavy (non-hydrogen) atoms. The van der Waals surface area contributed by atoms with E-state index in [-0.39, 0.29) is 23.4 Å². The van der Waals surface area contributed by atoms with E-state index in [9.17, 15) is 14.0 Å². The van der Waals surface area contributed by atoms with Crippen molar-refractivity contribution in [3.8, 4) is 11.6 Å². The normalized spacial score (nSPS) is 15.8. The van der Waals surface area contributed by atoms with Gasteiger partial charge in [-0.1, -0.05) is 24.3 Å². The van der Waals surface area contributed by atoms with E-state index in [1.165, 1.54) is 25.5 Å². The maximum absolute atomic E-state index is 14.6. The first-order valence-electron chi connectivity index (χ1n) is 14.8. The van der Waals surface area contributed by atoms with Gasteiger partial charge in [-0.25, -0.2) is 9.37 Å². The molecule has 2 fully saturated rings. The van der Waals surface area contributed by atoms with E-state index >= 15 is 0 Å². The van der Waals surface area contributed by atoms with Gasteiger partial charge in [-0.2, -0.15) is 4.98 Å². The van der Waals surface area contributed by atoms with Crippen molar-refractivity contribution in [1.82, 2.24) is 15.3 Å². The highest BCUT2D eigenvalue weighted by Crippen LogP contribution is 2.35. The molecule has 0 atom stereocenters. The topological polar surface area (TPSA) is 99.7 Å². The molecule has 9 nitrogen and oxygen atoms in total. The highest BCUT2D eigenvalue weighted by atomic mass is 19.1. The number of aromatic nitrogens is 2. The lowest BCUT2D eigenvalue weighted by Crippen LogP contribution is -2.44. The number of hydrogen-bond acceptors (Lipinski definition) is 7. The Morgan fingerprint density at radius 1 is 0.907 bits per heavy atom. The number of rotatable bonds is 7. The molecule has 1 aromatic heterocycles. The van der Waals surface area contributed by atoms with E-state index in [1.807, 2.05) is 24.3 Å². The minimum absolute atomic E-state index is 0.0149. The summed E-state index contributed by atoms with van der Waals surface area (Å²) in [4.78, 5) is 38.0. The van der Waals surface area contributed by atoms with Crippen LogP contribution in [0.5, 0.6) is 11.6 Å². The van der Waals surface area contributed by atoms with Gasteiger partial charge in [-0.3, -0.25) is 9.59 Å². The van der Waals surface area contributed by atoms with Gasteiger partial charge in [0, 0.05) is 79.1 Å². The number of hydrogen-bond donors (Lipinski definition) is 2. The molecular weight excluding hydrogens is 547 g/mol. The van der Waals surface area contributed by atoms with Crippen LogP contribution >= 0.6 is 0 Å².